The minimum Gasteiger partial charge on any atom is -0.492 e. The number of hydrogen-bond donors (Lipinski definition) is 2. The van der Waals surface area contributed by atoms with E-state index < -0.39 is 0 Å². The van der Waals surface area contributed by atoms with Gasteiger partial charge in [-0.25, -0.2) is 4.39 Å². The summed E-state index contributed by atoms with van der Waals surface area (Å²) in [5.74, 6) is -0.124. The van der Waals surface area contributed by atoms with Crippen LogP contribution in [0.15, 0.2) is 18.2 Å². The Morgan fingerprint density at radius 1 is 1.55 bits per heavy atom. The Balaban J connectivity index is 2.00. The molecule has 5 heteroatoms. The largest absolute Gasteiger partial charge is 0.492 e. The van der Waals surface area contributed by atoms with Gasteiger partial charge in [0.1, 0.15) is 18.2 Å². The summed E-state index contributed by atoms with van der Waals surface area (Å²) in [5, 5.41) is 11.9. The summed E-state index contributed by atoms with van der Waals surface area (Å²) in [4.78, 5) is 12.2. The molecule has 2 N–H and O–H groups in total. The normalized spacial score (nSPS) is 20.5. The van der Waals surface area contributed by atoms with E-state index in [9.17, 15) is 9.18 Å². The number of benzene rings is 1. The fourth-order valence-corrected chi connectivity index (χ4v) is 2.17. The van der Waals surface area contributed by atoms with E-state index in [0.717, 1.165) is 5.56 Å². The van der Waals surface area contributed by atoms with Crippen LogP contribution in [-0.4, -0.2) is 30.3 Å². The molecule has 1 aromatic rings. The highest BCUT2D eigenvalue weighted by atomic mass is 19.1. The molecule has 0 saturated carbocycles. The number of fused-ring (bicyclic) bond motifs is 1. The van der Waals surface area contributed by atoms with Gasteiger partial charge in [0, 0.05) is 12.6 Å². The van der Waals surface area contributed by atoms with E-state index >= 15 is 0 Å². The van der Waals surface area contributed by atoms with Crippen molar-refractivity contribution < 1.29 is 19.0 Å². The maximum Gasteiger partial charge on any atom is 0.227 e. The van der Waals surface area contributed by atoms with Gasteiger partial charge in [0.15, 0.2) is 0 Å². The van der Waals surface area contributed by atoms with Crippen LogP contribution >= 0.6 is 0 Å². The van der Waals surface area contributed by atoms with Crippen molar-refractivity contribution in [2.24, 2.45) is 11.8 Å². The highest BCUT2D eigenvalue weighted by molar-refractivity contribution is 5.79. The molecule has 3 unspecified atom stereocenters. The lowest BCUT2D eigenvalue weighted by Gasteiger charge is -2.27. The Bertz CT molecular complexity index is 492. The van der Waals surface area contributed by atoms with Crippen LogP contribution in [0.4, 0.5) is 4.39 Å². The second-order valence-corrected chi connectivity index (χ2v) is 5.42. The van der Waals surface area contributed by atoms with Gasteiger partial charge in [-0.1, -0.05) is 6.92 Å². The predicted octanol–water partition coefficient (Wildman–Crippen LogP) is 1.51. The van der Waals surface area contributed by atoms with Gasteiger partial charge in [-0.05, 0) is 43.0 Å². The zero-order valence-electron chi connectivity index (χ0n) is 11.7. The van der Waals surface area contributed by atoms with Gasteiger partial charge >= 0.3 is 0 Å². The van der Waals surface area contributed by atoms with Crippen LogP contribution in [0, 0.1) is 17.7 Å². The van der Waals surface area contributed by atoms with Crippen molar-refractivity contribution in [3.05, 3.63) is 29.6 Å². The van der Waals surface area contributed by atoms with Crippen LogP contribution < -0.4 is 10.1 Å². The summed E-state index contributed by atoms with van der Waals surface area (Å²) in [6.07, 6.45) is 0.471. The van der Waals surface area contributed by atoms with Crippen LogP contribution in [0.5, 0.6) is 5.75 Å². The van der Waals surface area contributed by atoms with Gasteiger partial charge in [-0.15, -0.1) is 0 Å². The van der Waals surface area contributed by atoms with Crippen molar-refractivity contribution in [1.82, 2.24) is 5.32 Å². The molecule has 0 fully saturated rings. The van der Waals surface area contributed by atoms with Crippen molar-refractivity contribution in [3.8, 4) is 5.75 Å². The molecule has 0 bridgehead atoms. The first-order valence-corrected chi connectivity index (χ1v) is 6.83. The number of amides is 1. The molecule has 1 aliphatic rings. The first kappa shape index (κ1) is 14.8. The molecule has 20 heavy (non-hydrogen) atoms. The lowest BCUT2D eigenvalue weighted by molar-refractivity contribution is -0.127. The average Bonchev–Trinajstić information content (AvgIpc) is 2.45. The zero-order valence-corrected chi connectivity index (χ0v) is 11.7. The molecule has 0 aromatic heterocycles. The monoisotopic (exact) mass is 281 g/mol. The minimum atomic E-state index is -0.323. The highest BCUT2D eigenvalue weighted by Gasteiger charge is 2.27. The third-order valence-electron chi connectivity index (χ3n) is 3.81. The van der Waals surface area contributed by atoms with Gasteiger partial charge in [0.05, 0.1) is 5.92 Å². The number of ether oxygens (including phenoxy) is 1. The van der Waals surface area contributed by atoms with E-state index in [2.05, 4.69) is 5.32 Å². The highest BCUT2D eigenvalue weighted by Crippen LogP contribution is 2.28. The molecule has 0 saturated heterocycles. The van der Waals surface area contributed by atoms with Crippen LogP contribution in [0.3, 0.4) is 0 Å². The van der Waals surface area contributed by atoms with Crippen molar-refractivity contribution in [2.75, 3.05) is 13.2 Å². The number of aliphatic hydroxyl groups is 1. The van der Waals surface area contributed by atoms with E-state index in [4.69, 9.17) is 9.84 Å². The molecular formula is C15H20FNO3. The average molecular weight is 281 g/mol. The number of rotatable bonds is 4. The van der Waals surface area contributed by atoms with Gasteiger partial charge in [-0.2, -0.15) is 0 Å². The summed E-state index contributed by atoms with van der Waals surface area (Å²) < 4.78 is 18.7. The lowest BCUT2D eigenvalue weighted by atomic mass is 9.95. The fraction of sp³-hybridized carbons (Fsp3) is 0.533. The Kier molecular flexibility index (Phi) is 4.60. The molecule has 1 aromatic carbocycles. The smallest absolute Gasteiger partial charge is 0.227 e. The molecule has 1 amide bonds. The van der Waals surface area contributed by atoms with E-state index in [1.165, 1.54) is 12.1 Å². The number of hydrogen-bond acceptors (Lipinski definition) is 3. The van der Waals surface area contributed by atoms with E-state index in [-0.39, 0.29) is 36.2 Å². The first-order valence-electron chi connectivity index (χ1n) is 6.83. The summed E-state index contributed by atoms with van der Waals surface area (Å²) in [6, 6.07) is 4.25. The summed E-state index contributed by atoms with van der Waals surface area (Å²) in [7, 11) is 0. The number of nitrogens with one attached hydrogen (secondary N) is 1. The summed E-state index contributed by atoms with van der Waals surface area (Å²) >= 11 is 0. The van der Waals surface area contributed by atoms with Crippen LogP contribution in [0.2, 0.25) is 0 Å². The Morgan fingerprint density at radius 3 is 3.00 bits per heavy atom. The summed E-state index contributed by atoms with van der Waals surface area (Å²) in [5.41, 5.74) is 0.722. The van der Waals surface area contributed by atoms with E-state index in [1.54, 1.807) is 6.07 Å². The molecule has 0 radical (unpaired) electrons. The molecule has 2 rings (SSSR count). The molecule has 3 atom stereocenters. The molecule has 1 aliphatic heterocycles. The number of aliphatic hydroxyl groups excluding tert-OH is 1. The maximum atomic E-state index is 13.2. The molecule has 4 nitrogen and oxygen atoms in total. The first-order chi connectivity index (χ1) is 9.51. The molecular weight excluding hydrogens is 261 g/mol. The number of carbonyl (C=O) groups is 1. The zero-order chi connectivity index (χ0) is 14.7. The van der Waals surface area contributed by atoms with Crippen LogP contribution in [0.25, 0.3) is 0 Å². The Hall–Kier alpha value is -1.62. The quantitative estimate of drug-likeness (QED) is 0.879. The number of carbonyl (C=O) groups excluding carboxylic acids is 1. The van der Waals surface area contributed by atoms with Gasteiger partial charge in [0.25, 0.3) is 0 Å². The van der Waals surface area contributed by atoms with Crippen molar-refractivity contribution in [1.29, 1.82) is 0 Å². The lowest BCUT2D eigenvalue weighted by Crippen LogP contribution is -2.44. The van der Waals surface area contributed by atoms with Crippen LogP contribution in [-0.2, 0) is 11.2 Å². The fourth-order valence-electron chi connectivity index (χ4n) is 2.17. The van der Waals surface area contributed by atoms with E-state index in [1.807, 2.05) is 13.8 Å². The number of halogens is 1. The van der Waals surface area contributed by atoms with Crippen molar-refractivity contribution in [3.63, 3.8) is 0 Å². The third-order valence-corrected chi connectivity index (χ3v) is 3.81. The third kappa shape index (κ3) is 3.28. The second kappa shape index (κ2) is 6.22. The van der Waals surface area contributed by atoms with E-state index in [0.29, 0.717) is 18.8 Å². The van der Waals surface area contributed by atoms with Gasteiger partial charge < -0.3 is 15.2 Å². The van der Waals surface area contributed by atoms with Crippen LogP contribution in [0.1, 0.15) is 19.4 Å². The molecule has 110 valence electrons. The Morgan fingerprint density at radius 2 is 2.30 bits per heavy atom. The standard InChI is InChI=1S/C15H20FNO3/c1-9(7-18)10(2)17-15(19)12-5-11-6-13(16)3-4-14(11)20-8-12/h3-4,6,9-10,12,18H,5,7-8H2,1-2H3,(H,17,19). The maximum absolute atomic E-state index is 13.2. The SMILES string of the molecule is CC(CO)C(C)NC(=O)C1COc2ccc(F)cc2C1. The topological polar surface area (TPSA) is 58.6 Å². The second-order valence-electron chi connectivity index (χ2n) is 5.42. The molecule has 0 spiro atoms. The van der Waals surface area contributed by atoms with Crippen molar-refractivity contribution in [2.45, 2.75) is 26.3 Å². The Labute approximate surface area is 117 Å². The summed E-state index contributed by atoms with van der Waals surface area (Å²) in [6.45, 7) is 4.05. The minimum absolute atomic E-state index is 0.00631. The van der Waals surface area contributed by atoms with Crippen molar-refractivity contribution >= 4 is 5.91 Å². The molecule has 0 aliphatic carbocycles. The van der Waals surface area contributed by atoms with Gasteiger partial charge in [0.2, 0.25) is 5.91 Å². The van der Waals surface area contributed by atoms with Gasteiger partial charge in [-0.3, -0.25) is 4.79 Å². The predicted molar refractivity (Wildman–Crippen MR) is 72.9 cm³/mol. The molecule has 1 heterocycles.